The fraction of sp³-hybridized carbons (Fsp3) is 0.407. The number of likely N-dealkylation sites (tertiary alicyclic amines) is 1. The van der Waals surface area contributed by atoms with Crippen LogP contribution in [0.3, 0.4) is 0 Å². The number of ketones is 1. The van der Waals surface area contributed by atoms with Crippen LogP contribution in [-0.4, -0.2) is 67.5 Å². The number of ether oxygens (including phenoxy) is 2. The first-order valence-corrected chi connectivity index (χ1v) is 11.6. The van der Waals surface area contributed by atoms with Gasteiger partial charge in [0, 0.05) is 12.1 Å². The molecule has 1 fully saturated rings. The number of aliphatic hydroxyl groups is 1. The molecule has 0 aliphatic carbocycles. The van der Waals surface area contributed by atoms with Crippen molar-refractivity contribution in [1.82, 2.24) is 9.80 Å². The highest BCUT2D eigenvalue weighted by Gasteiger charge is 2.46. The minimum Gasteiger partial charge on any atom is -0.507 e. The number of Topliss-reactive ketones (excluding diaryl/α,β-unsaturated/α-hetero) is 1. The van der Waals surface area contributed by atoms with E-state index >= 15 is 0 Å². The van der Waals surface area contributed by atoms with Crippen molar-refractivity contribution in [1.29, 1.82) is 0 Å². The minimum absolute atomic E-state index is 0.0861. The number of carbonyl (C=O) groups is 2. The zero-order chi connectivity index (χ0) is 24.8. The number of amides is 1. The monoisotopic (exact) mass is 466 g/mol. The van der Waals surface area contributed by atoms with Crippen molar-refractivity contribution in [2.45, 2.75) is 32.7 Å². The second-order valence-corrected chi connectivity index (χ2v) is 8.77. The van der Waals surface area contributed by atoms with Crippen LogP contribution in [0.25, 0.3) is 5.76 Å². The summed E-state index contributed by atoms with van der Waals surface area (Å²) < 4.78 is 11.3. The van der Waals surface area contributed by atoms with Gasteiger partial charge >= 0.3 is 0 Å². The Bertz CT molecular complexity index is 1060. The molecule has 1 saturated heterocycles. The second kappa shape index (κ2) is 11.2. The van der Waals surface area contributed by atoms with Gasteiger partial charge in [0.25, 0.3) is 11.7 Å². The summed E-state index contributed by atoms with van der Waals surface area (Å²) in [6.07, 6.45) is 1.55. The first kappa shape index (κ1) is 25.3. The summed E-state index contributed by atoms with van der Waals surface area (Å²) >= 11 is 0. The molecule has 1 atom stereocenters. The summed E-state index contributed by atoms with van der Waals surface area (Å²) in [4.78, 5) is 29.8. The highest BCUT2D eigenvalue weighted by Crippen LogP contribution is 2.42. The van der Waals surface area contributed by atoms with E-state index in [1.165, 1.54) is 0 Å². The molecule has 3 rings (SSSR count). The van der Waals surface area contributed by atoms with Gasteiger partial charge in [-0.2, -0.15) is 0 Å². The van der Waals surface area contributed by atoms with Crippen molar-refractivity contribution in [3.63, 3.8) is 0 Å². The Labute approximate surface area is 201 Å². The Hall–Kier alpha value is -3.32. The molecule has 7 heteroatoms. The molecule has 0 radical (unpaired) electrons. The third-order valence-electron chi connectivity index (χ3n) is 5.83. The number of rotatable bonds is 10. The standard InChI is InChI=1S/C27H34N2O5/c1-6-16-34-21-13-12-20(17-22(21)33-5)24-23(25(30)19-10-8-18(2)9-11-19)26(31)27(32)29(24)15-7-14-28(3)4/h8-13,17,24,30H,6-7,14-16H2,1-5H3/b25-23+/t24-/m0/s1. The lowest BCUT2D eigenvalue weighted by molar-refractivity contribution is -0.139. The van der Waals surface area contributed by atoms with Gasteiger partial charge in [-0.25, -0.2) is 0 Å². The lowest BCUT2D eigenvalue weighted by atomic mass is 9.94. The van der Waals surface area contributed by atoms with E-state index in [0.29, 0.717) is 42.2 Å². The SMILES string of the molecule is CCCOc1ccc([C@H]2/C(=C(\O)c3ccc(C)cc3)C(=O)C(=O)N2CCCN(C)C)cc1OC. The van der Waals surface area contributed by atoms with E-state index in [1.54, 1.807) is 36.3 Å². The lowest BCUT2D eigenvalue weighted by Gasteiger charge is -2.26. The molecule has 1 N–H and O–H groups in total. The van der Waals surface area contributed by atoms with Gasteiger partial charge in [-0.1, -0.05) is 42.8 Å². The molecule has 182 valence electrons. The van der Waals surface area contributed by atoms with Crippen LogP contribution in [-0.2, 0) is 9.59 Å². The third kappa shape index (κ3) is 5.42. The van der Waals surface area contributed by atoms with Crippen molar-refractivity contribution < 1.29 is 24.2 Å². The zero-order valence-corrected chi connectivity index (χ0v) is 20.6. The Morgan fingerprint density at radius 3 is 2.41 bits per heavy atom. The lowest BCUT2D eigenvalue weighted by Crippen LogP contribution is -2.32. The molecule has 0 aromatic heterocycles. The largest absolute Gasteiger partial charge is 0.507 e. The van der Waals surface area contributed by atoms with Crippen LogP contribution in [0.15, 0.2) is 48.0 Å². The van der Waals surface area contributed by atoms with Crippen LogP contribution < -0.4 is 9.47 Å². The Morgan fingerprint density at radius 1 is 1.09 bits per heavy atom. The molecule has 7 nitrogen and oxygen atoms in total. The van der Waals surface area contributed by atoms with Gasteiger partial charge in [-0.05, 0) is 58.1 Å². The smallest absolute Gasteiger partial charge is 0.295 e. The van der Waals surface area contributed by atoms with Crippen molar-refractivity contribution >= 4 is 17.4 Å². The van der Waals surface area contributed by atoms with Crippen molar-refractivity contribution in [2.75, 3.05) is 40.9 Å². The maximum absolute atomic E-state index is 13.2. The van der Waals surface area contributed by atoms with Crippen molar-refractivity contribution in [3.8, 4) is 11.5 Å². The van der Waals surface area contributed by atoms with Gasteiger partial charge < -0.3 is 24.4 Å². The molecule has 1 aliphatic heterocycles. The number of aliphatic hydroxyl groups excluding tert-OH is 1. The van der Waals surface area contributed by atoms with E-state index in [-0.39, 0.29) is 11.3 Å². The number of aryl methyl sites for hydroxylation is 1. The van der Waals surface area contributed by atoms with Crippen LogP contribution in [0.2, 0.25) is 0 Å². The minimum atomic E-state index is -0.724. The molecule has 2 aromatic carbocycles. The topological polar surface area (TPSA) is 79.3 Å². The number of hydrogen-bond donors (Lipinski definition) is 1. The molecule has 1 amide bonds. The first-order chi connectivity index (χ1) is 16.3. The summed E-state index contributed by atoms with van der Waals surface area (Å²) in [6.45, 7) is 5.66. The molecule has 34 heavy (non-hydrogen) atoms. The molecule has 0 bridgehead atoms. The number of carbonyl (C=O) groups excluding carboxylic acids is 2. The van der Waals surface area contributed by atoms with Crippen LogP contribution in [0.1, 0.15) is 42.5 Å². The molecule has 1 heterocycles. The van der Waals surface area contributed by atoms with Crippen LogP contribution in [0.5, 0.6) is 11.5 Å². The van der Waals surface area contributed by atoms with Gasteiger partial charge in [-0.3, -0.25) is 9.59 Å². The summed E-state index contributed by atoms with van der Waals surface area (Å²) in [5.41, 5.74) is 2.29. The van der Waals surface area contributed by atoms with Crippen LogP contribution >= 0.6 is 0 Å². The fourth-order valence-corrected chi connectivity index (χ4v) is 4.07. The van der Waals surface area contributed by atoms with E-state index in [4.69, 9.17) is 9.47 Å². The quantitative estimate of drug-likeness (QED) is 0.322. The van der Waals surface area contributed by atoms with Gasteiger partial charge in [0.05, 0.1) is 25.3 Å². The van der Waals surface area contributed by atoms with E-state index in [9.17, 15) is 14.7 Å². The number of nitrogens with zero attached hydrogens (tertiary/aromatic N) is 2. The molecule has 0 spiro atoms. The summed E-state index contributed by atoms with van der Waals surface area (Å²) in [5.74, 6) is -0.360. The molecular weight excluding hydrogens is 432 g/mol. The van der Waals surface area contributed by atoms with Crippen LogP contribution in [0, 0.1) is 6.92 Å². The fourth-order valence-electron chi connectivity index (χ4n) is 4.07. The highest BCUT2D eigenvalue weighted by atomic mass is 16.5. The predicted molar refractivity (Wildman–Crippen MR) is 132 cm³/mol. The predicted octanol–water partition coefficient (Wildman–Crippen LogP) is 4.17. The van der Waals surface area contributed by atoms with Gasteiger partial charge in [-0.15, -0.1) is 0 Å². The molecule has 0 unspecified atom stereocenters. The van der Waals surface area contributed by atoms with E-state index in [2.05, 4.69) is 0 Å². The average molecular weight is 467 g/mol. The number of hydrogen-bond acceptors (Lipinski definition) is 6. The molecular formula is C27H34N2O5. The van der Waals surface area contributed by atoms with E-state index in [0.717, 1.165) is 18.5 Å². The Morgan fingerprint density at radius 2 is 1.79 bits per heavy atom. The molecule has 0 saturated carbocycles. The maximum atomic E-state index is 13.2. The Kier molecular flexibility index (Phi) is 8.34. The van der Waals surface area contributed by atoms with E-state index in [1.807, 2.05) is 51.0 Å². The zero-order valence-electron chi connectivity index (χ0n) is 20.6. The van der Waals surface area contributed by atoms with Gasteiger partial charge in [0.15, 0.2) is 11.5 Å². The first-order valence-electron chi connectivity index (χ1n) is 11.6. The summed E-state index contributed by atoms with van der Waals surface area (Å²) in [6, 6.07) is 11.9. The van der Waals surface area contributed by atoms with Gasteiger partial charge in [0.1, 0.15) is 5.76 Å². The van der Waals surface area contributed by atoms with Gasteiger partial charge in [0.2, 0.25) is 0 Å². The van der Waals surface area contributed by atoms with E-state index < -0.39 is 17.7 Å². The third-order valence-corrected chi connectivity index (χ3v) is 5.83. The molecule has 2 aromatic rings. The molecule has 1 aliphatic rings. The number of methoxy groups -OCH3 is 1. The second-order valence-electron chi connectivity index (χ2n) is 8.77. The number of benzene rings is 2. The van der Waals surface area contributed by atoms with Crippen LogP contribution in [0.4, 0.5) is 0 Å². The summed E-state index contributed by atoms with van der Waals surface area (Å²) in [5, 5.41) is 11.2. The highest BCUT2D eigenvalue weighted by molar-refractivity contribution is 6.46. The summed E-state index contributed by atoms with van der Waals surface area (Å²) in [7, 11) is 5.48. The average Bonchev–Trinajstić information content (AvgIpc) is 3.07. The normalized spacial score (nSPS) is 17.5. The van der Waals surface area contributed by atoms with Crippen molar-refractivity contribution in [3.05, 3.63) is 64.7 Å². The van der Waals surface area contributed by atoms with Crippen molar-refractivity contribution in [2.24, 2.45) is 0 Å². The Balaban J connectivity index is 2.10. The maximum Gasteiger partial charge on any atom is 0.295 e.